The van der Waals surface area contributed by atoms with E-state index in [9.17, 15) is 5.11 Å². The zero-order chi connectivity index (χ0) is 13.9. The lowest BCUT2D eigenvalue weighted by molar-refractivity contribution is 0.0218. The summed E-state index contributed by atoms with van der Waals surface area (Å²) in [6.45, 7) is 6.27. The zero-order valence-corrected chi connectivity index (χ0v) is 11.6. The monoisotopic (exact) mass is 260 g/mol. The molecule has 0 amide bonds. The molecule has 1 atom stereocenters. The van der Waals surface area contributed by atoms with Crippen LogP contribution < -0.4 is 4.74 Å². The Morgan fingerprint density at radius 1 is 1.26 bits per heavy atom. The minimum absolute atomic E-state index is 0.170. The highest BCUT2D eigenvalue weighted by molar-refractivity contribution is 5.37. The Morgan fingerprint density at radius 3 is 2.47 bits per heavy atom. The van der Waals surface area contributed by atoms with Crippen LogP contribution in [-0.4, -0.2) is 27.4 Å². The maximum Gasteiger partial charge on any atom is 0.119 e. The first-order valence-corrected chi connectivity index (χ1v) is 6.36. The summed E-state index contributed by atoms with van der Waals surface area (Å²) < 4.78 is 7.52. The summed E-state index contributed by atoms with van der Waals surface area (Å²) in [5.74, 6) is 0.757. The van der Waals surface area contributed by atoms with Gasteiger partial charge in [-0.05, 0) is 29.7 Å². The van der Waals surface area contributed by atoms with Gasteiger partial charge in [0.15, 0.2) is 0 Å². The standard InChI is InChI=1S/C15H20N2O2/c1-15(2,3)14(18)10-19-13-6-4-12(5-7-13)17-9-8-16-11-17/h4-9,11,14,18H,10H2,1-3H3. The molecule has 1 unspecified atom stereocenters. The van der Waals surface area contributed by atoms with Gasteiger partial charge in [0.25, 0.3) is 0 Å². The largest absolute Gasteiger partial charge is 0.491 e. The minimum atomic E-state index is -0.485. The summed E-state index contributed by atoms with van der Waals surface area (Å²) in [4.78, 5) is 4.01. The number of benzene rings is 1. The molecule has 4 heteroatoms. The molecule has 1 aromatic carbocycles. The van der Waals surface area contributed by atoms with Crippen LogP contribution in [0.15, 0.2) is 43.0 Å². The third-order valence-electron chi connectivity index (χ3n) is 3.05. The van der Waals surface area contributed by atoms with Gasteiger partial charge in [0.05, 0.1) is 12.4 Å². The summed E-state index contributed by atoms with van der Waals surface area (Å²) in [7, 11) is 0. The van der Waals surface area contributed by atoms with Crippen LogP contribution in [-0.2, 0) is 0 Å². The SMILES string of the molecule is CC(C)(C)C(O)COc1ccc(-n2ccnc2)cc1. The van der Waals surface area contributed by atoms with Crippen LogP contribution in [0.4, 0.5) is 0 Å². The van der Waals surface area contributed by atoms with Crippen molar-refractivity contribution in [3.8, 4) is 11.4 Å². The van der Waals surface area contributed by atoms with Crippen molar-refractivity contribution in [2.24, 2.45) is 5.41 Å². The van der Waals surface area contributed by atoms with E-state index >= 15 is 0 Å². The van der Waals surface area contributed by atoms with Gasteiger partial charge in [0.2, 0.25) is 0 Å². The van der Waals surface area contributed by atoms with Gasteiger partial charge in [0.1, 0.15) is 12.4 Å². The van der Waals surface area contributed by atoms with Crippen molar-refractivity contribution in [1.29, 1.82) is 0 Å². The highest BCUT2D eigenvalue weighted by Crippen LogP contribution is 2.21. The van der Waals surface area contributed by atoms with Crippen molar-refractivity contribution in [2.45, 2.75) is 26.9 Å². The Labute approximate surface area is 113 Å². The average molecular weight is 260 g/mol. The molecule has 102 valence electrons. The van der Waals surface area contributed by atoms with Gasteiger partial charge in [-0.3, -0.25) is 0 Å². The van der Waals surface area contributed by atoms with E-state index in [0.29, 0.717) is 6.61 Å². The third kappa shape index (κ3) is 3.58. The molecule has 0 aliphatic carbocycles. The third-order valence-corrected chi connectivity index (χ3v) is 3.05. The highest BCUT2D eigenvalue weighted by Gasteiger charge is 2.22. The van der Waals surface area contributed by atoms with Gasteiger partial charge in [0, 0.05) is 18.1 Å². The number of aromatic nitrogens is 2. The van der Waals surface area contributed by atoms with Crippen LogP contribution in [0.1, 0.15) is 20.8 Å². The van der Waals surface area contributed by atoms with Gasteiger partial charge in [-0.2, -0.15) is 0 Å². The quantitative estimate of drug-likeness (QED) is 0.919. The molecule has 0 spiro atoms. The summed E-state index contributed by atoms with van der Waals surface area (Å²) >= 11 is 0. The number of ether oxygens (including phenoxy) is 1. The van der Waals surface area contributed by atoms with Gasteiger partial charge in [-0.25, -0.2) is 4.98 Å². The van der Waals surface area contributed by atoms with Crippen LogP contribution >= 0.6 is 0 Å². The molecule has 1 aromatic heterocycles. The molecule has 2 aromatic rings. The fourth-order valence-corrected chi connectivity index (χ4v) is 1.55. The number of hydrogen-bond acceptors (Lipinski definition) is 3. The Morgan fingerprint density at radius 2 is 1.95 bits per heavy atom. The van der Waals surface area contributed by atoms with Crippen molar-refractivity contribution < 1.29 is 9.84 Å². The first-order valence-electron chi connectivity index (χ1n) is 6.36. The first kappa shape index (κ1) is 13.6. The van der Waals surface area contributed by atoms with E-state index < -0.39 is 6.10 Å². The lowest BCUT2D eigenvalue weighted by atomic mass is 9.90. The number of aliphatic hydroxyl groups is 1. The van der Waals surface area contributed by atoms with Gasteiger partial charge >= 0.3 is 0 Å². The number of rotatable bonds is 4. The lowest BCUT2D eigenvalue weighted by Gasteiger charge is -2.25. The molecule has 4 nitrogen and oxygen atoms in total. The molecular weight excluding hydrogens is 240 g/mol. The van der Waals surface area contributed by atoms with Gasteiger partial charge in [-0.1, -0.05) is 20.8 Å². The second kappa shape index (κ2) is 5.45. The zero-order valence-electron chi connectivity index (χ0n) is 11.6. The smallest absolute Gasteiger partial charge is 0.119 e. The molecule has 19 heavy (non-hydrogen) atoms. The molecule has 2 rings (SSSR count). The topological polar surface area (TPSA) is 47.3 Å². The predicted molar refractivity (Wildman–Crippen MR) is 74.5 cm³/mol. The van der Waals surface area contributed by atoms with E-state index in [4.69, 9.17) is 4.74 Å². The molecule has 0 aliphatic rings. The summed E-state index contributed by atoms with van der Waals surface area (Å²) in [5.41, 5.74) is 0.859. The van der Waals surface area contributed by atoms with E-state index in [0.717, 1.165) is 11.4 Å². The van der Waals surface area contributed by atoms with Gasteiger partial charge < -0.3 is 14.4 Å². The Bertz CT molecular complexity index is 498. The average Bonchev–Trinajstić information content (AvgIpc) is 2.89. The van der Waals surface area contributed by atoms with E-state index in [-0.39, 0.29) is 5.41 Å². The number of nitrogens with zero attached hydrogens (tertiary/aromatic N) is 2. The van der Waals surface area contributed by atoms with Crippen LogP contribution in [0.3, 0.4) is 0 Å². The molecule has 1 N–H and O–H groups in total. The van der Waals surface area contributed by atoms with Crippen LogP contribution in [0.2, 0.25) is 0 Å². The van der Waals surface area contributed by atoms with Crippen LogP contribution in [0.5, 0.6) is 5.75 Å². The normalized spacial score (nSPS) is 13.3. The molecule has 0 bridgehead atoms. The van der Waals surface area contributed by atoms with Crippen molar-refractivity contribution >= 4 is 0 Å². The van der Waals surface area contributed by atoms with Gasteiger partial charge in [-0.15, -0.1) is 0 Å². The van der Waals surface area contributed by atoms with E-state index in [1.165, 1.54) is 0 Å². The number of hydrogen-bond donors (Lipinski definition) is 1. The van der Waals surface area contributed by atoms with Crippen LogP contribution in [0.25, 0.3) is 5.69 Å². The molecular formula is C15H20N2O2. The van der Waals surface area contributed by atoms with E-state index in [1.54, 1.807) is 12.5 Å². The summed E-state index contributed by atoms with van der Waals surface area (Å²) in [5, 5.41) is 9.91. The fraction of sp³-hybridized carbons (Fsp3) is 0.400. The van der Waals surface area contributed by atoms with Crippen molar-refractivity contribution in [3.05, 3.63) is 43.0 Å². The Kier molecular flexibility index (Phi) is 3.90. The van der Waals surface area contributed by atoms with Crippen molar-refractivity contribution in [3.63, 3.8) is 0 Å². The van der Waals surface area contributed by atoms with E-state index in [1.807, 2.05) is 55.8 Å². The summed E-state index contributed by atoms with van der Waals surface area (Å²) in [6.07, 6.45) is 4.89. The maximum atomic E-state index is 9.91. The molecule has 1 heterocycles. The number of aliphatic hydroxyl groups excluding tert-OH is 1. The second-order valence-electron chi connectivity index (χ2n) is 5.66. The Balaban J connectivity index is 1.96. The maximum absolute atomic E-state index is 9.91. The molecule has 0 radical (unpaired) electrons. The predicted octanol–water partition coefficient (Wildman–Crippen LogP) is 2.66. The number of imidazole rings is 1. The first-order chi connectivity index (χ1) is 8.97. The molecule has 0 saturated heterocycles. The van der Waals surface area contributed by atoms with E-state index in [2.05, 4.69) is 4.98 Å². The highest BCUT2D eigenvalue weighted by atomic mass is 16.5. The molecule has 0 aliphatic heterocycles. The van der Waals surface area contributed by atoms with Crippen molar-refractivity contribution in [2.75, 3.05) is 6.61 Å². The van der Waals surface area contributed by atoms with Crippen molar-refractivity contribution in [1.82, 2.24) is 9.55 Å². The summed E-state index contributed by atoms with van der Waals surface area (Å²) in [6, 6.07) is 7.70. The Hall–Kier alpha value is -1.81. The molecule has 0 fully saturated rings. The molecule has 0 saturated carbocycles. The minimum Gasteiger partial charge on any atom is -0.491 e. The second-order valence-corrected chi connectivity index (χ2v) is 5.66. The fourth-order valence-electron chi connectivity index (χ4n) is 1.55. The van der Waals surface area contributed by atoms with Crippen LogP contribution in [0, 0.1) is 5.41 Å². The lowest BCUT2D eigenvalue weighted by Crippen LogP contribution is -2.31.